The lowest BCUT2D eigenvalue weighted by Gasteiger charge is -2.18. The lowest BCUT2D eigenvalue weighted by molar-refractivity contribution is -0.192. The summed E-state index contributed by atoms with van der Waals surface area (Å²) in [6, 6.07) is 12.4. The van der Waals surface area contributed by atoms with Crippen molar-refractivity contribution in [3.63, 3.8) is 0 Å². The molecule has 3 N–H and O–H groups in total. The highest BCUT2D eigenvalue weighted by molar-refractivity contribution is 7.92. The van der Waals surface area contributed by atoms with Crippen molar-refractivity contribution in [2.24, 2.45) is 0 Å². The highest BCUT2D eigenvalue weighted by Crippen LogP contribution is 2.48. The van der Waals surface area contributed by atoms with Crippen molar-refractivity contribution in [1.29, 1.82) is 0 Å². The van der Waals surface area contributed by atoms with Crippen molar-refractivity contribution >= 4 is 33.5 Å². The molecule has 2 aromatic carbocycles. The number of likely N-dealkylation sites (tertiary alicyclic amines) is 1. The van der Waals surface area contributed by atoms with Crippen LogP contribution < -0.4 is 10.0 Å². The van der Waals surface area contributed by atoms with Gasteiger partial charge in [0.2, 0.25) is 11.8 Å². The third kappa shape index (κ3) is 7.74. The lowest BCUT2D eigenvalue weighted by atomic mass is 9.95. The average Bonchev–Trinajstić information content (AvgIpc) is 3.59. The van der Waals surface area contributed by atoms with Gasteiger partial charge < -0.3 is 15.3 Å². The number of nitrogens with zero attached hydrogens (tertiary/aromatic N) is 1. The standard InChI is InChI=1S/C25H31N3O4S.C2HF3O2/c1-18-6-7-19(2)22(17-18)33(31,32)27-21-10-8-20(9-11-21)25(12-13-25)24(30)26-14-4-16-28-15-3-5-23(28)29;3-2(4,5)1(6)7/h6-11,17,27H,3-5,12-16H2,1-2H3,(H,26,30);(H,6,7). The van der Waals surface area contributed by atoms with E-state index in [-0.39, 0.29) is 16.7 Å². The largest absolute Gasteiger partial charge is 0.490 e. The van der Waals surface area contributed by atoms with Gasteiger partial charge in [0.1, 0.15) is 0 Å². The average molecular weight is 584 g/mol. The molecule has 4 rings (SSSR count). The minimum absolute atomic E-state index is 0.000959. The van der Waals surface area contributed by atoms with E-state index in [1.54, 1.807) is 31.2 Å². The summed E-state index contributed by atoms with van der Waals surface area (Å²) in [5.74, 6) is -2.56. The molecule has 0 aromatic heterocycles. The molecule has 2 aliphatic rings. The summed E-state index contributed by atoms with van der Waals surface area (Å²) in [5.41, 5.74) is 2.39. The summed E-state index contributed by atoms with van der Waals surface area (Å²) in [7, 11) is -3.70. The van der Waals surface area contributed by atoms with E-state index < -0.39 is 27.6 Å². The number of nitrogens with one attached hydrogen (secondary N) is 2. The molecule has 218 valence electrons. The molecule has 1 aliphatic carbocycles. The maximum atomic E-state index is 12.9. The molecule has 1 saturated carbocycles. The molecule has 13 heteroatoms. The summed E-state index contributed by atoms with van der Waals surface area (Å²) in [5, 5.41) is 10.1. The number of alkyl halides is 3. The zero-order valence-electron chi connectivity index (χ0n) is 22.2. The summed E-state index contributed by atoms with van der Waals surface area (Å²) in [6.45, 7) is 5.67. The molecule has 40 heavy (non-hydrogen) atoms. The number of carbonyl (C=O) groups is 3. The number of carboxylic acids is 1. The fourth-order valence-electron chi connectivity index (χ4n) is 4.42. The second-order valence-corrected chi connectivity index (χ2v) is 11.6. The lowest BCUT2D eigenvalue weighted by Crippen LogP contribution is -2.36. The smallest absolute Gasteiger partial charge is 0.475 e. The Kier molecular flexibility index (Phi) is 9.49. The van der Waals surface area contributed by atoms with E-state index in [4.69, 9.17) is 9.90 Å². The van der Waals surface area contributed by atoms with Crippen LogP contribution in [0.3, 0.4) is 0 Å². The van der Waals surface area contributed by atoms with E-state index >= 15 is 0 Å². The van der Waals surface area contributed by atoms with Gasteiger partial charge in [0.25, 0.3) is 10.0 Å². The van der Waals surface area contributed by atoms with E-state index in [1.807, 2.05) is 30.0 Å². The molecule has 2 amide bonds. The summed E-state index contributed by atoms with van der Waals surface area (Å²) in [4.78, 5) is 35.6. The predicted octanol–water partition coefficient (Wildman–Crippen LogP) is 3.90. The number of benzene rings is 2. The van der Waals surface area contributed by atoms with Gasteiger partial charge in [-0.05, 0) is 74.4 Å². The van der Waals surface area contributed by atoms with Gasteiger partial charge in [-0.3, -0.25) is 14.3 Å². The number of amides is 2. The van der Waals surface area contributed by atoms with Crippen molar-refractivity contribution in [3.05, 3.63) is 59.2 Å². The maximum absolute atomic E-state index is 12.9. The first-order valence-electron chi connectivity index (χ1n) is 12.7. The van der Waals surface area contributed by atoms with E-state index in [2.05, 4.69) is 10.0 Å². The SMILES string of the molecule is Cc1ccc(C)c(S(=O)(=O)Nc2ccc(C3(C(=O)NCCCN4CCCC4=O)CC3)cc2)c1.O=C(O)C(F)(F)F. The van der Waals surface area contributed by atoms with Crippen LogP contribution in [0, 0.1) is 13.8 Å². The number of halogens is 3. The highest BCUT2D eigenvalue weighted by Gasteiger charge is 2.51. The second-order valence-electron chi connectivity index (χ2n) is 9.93. The Morgan fingerprint density at radius 3 is 2.23 bits per heavy atom. The van der Waals surface area contributed by atoms with Crippen molar-refractivity contribution in [1.82, 2.24) is 10.2 Å². The number of rotatable bonds is 9. The molecular weight excluding hydrogens is 551 g/mol. The fraction of sp³-hybridized carbons (Fsp3) is 0.444. The normalized spacial score (nSPS) is 16.1. The van der Waals surface area contributed by atoms with Gasteiger partial charge in [-0.2, -0.15) is 13.2 Å². The molecule has 0 radical (unpaired) electrons. The van der Waals surface area contributed by atoms with Crippen molar-refractivity contribution in [2.45, 2.75) is 62.4 Å². The Hall–Kier alpha value is -3.61. The van der Waals surface area contributed by atoms with Crippen molar-refractivity contribution in [2.75, 3.05) is 24.4 Å². The summed E-state index contributed by atoms with van der Waals surface area (Å²) < 4.78 is 60.1. The fourth-order valence-corrected chi connectivity index (χ4v) is 5.81. The van der Waals surface area contributed by atoms with E-state index in [0.29, 0.717) is 30.8 Å². The molecule has 0 spiro atoms. The van der Waals surface area contributed by atoms with Crippen LogP contribution in [0.15, 0.2) is 47.4 Å². The Labute approximate surface area is 230 Å². The zero-order chi connectivity index (χ0) is 29.7. The van der Waals surface area contributed by atoms with Crippen LogP contribution in [0.2, 0.25) is 0 Å². The number of sulfonamides is 1. The monoisotopic (exact) mass is 583 g/mol. The topological polar surface area (TPSA) is 133 Å². The highest BCUT2D eigenvalue weighted by atomic mass is 32.2. The zero-order valence-corrected chi connectivity index (χ0v) is 23.0. The Morgan fingerprint density at radius 2 is 1.70 bits per heavy atom. The van der Waals surface area contributed by atoms with Gasteiger partial charge in [-0.1, -0.05) is 24.3 Å². The van der Waals surface area contributed by atoms with Crippen molar-refractivity contribution in [3.8, 4) is 0 Å². The third-order valence-electron chi connectivity index (χ3n) is 6.81. The first-order chi connectivity index (χ1) is 18.7. The minimum Gasteiger partial charge on any atom is -0.475 e. The predicted molar refractivity (Wildman–Crippen MR) is 141 cm³/mol. The van der Waals surface area contributed by atoms with Crippen LogP contribution in [-0.4, -0.2) is 62.0 Å². The number of carboxylic acid groups (broad SMARTS) is 1. The van der Waals surface area contributed by atoms with Crippen LogP contribution >= 0.6 is 0 Å². The molecule has 1 heterocycles. The molecule has 2 fully saturated rings. The van der Waals surface area contributed by atoms with Crippen LogP contribution in [0.5, 0.6) is 0 Å². The number of aliphatic carboxylic acids is 1. The number of anilines is 1. The number of hydrogen-bond donors (Lipinski definition) is 3. The number of hydrogen-bond acceptors (Lipinski definition) is 5. The molecule has 1 saturated heterocycles. The summed E-state index contributed by atoms with van der Waals surface area (Å²) in [6.07, 6.45) is -1.24. The molecule has 0 unspecified atom stereocenters. The Balaban J connectivity index is 0.000000559. The van der Waals surface area contributed by atoms with Crippen molar-refractivity contribution < 1.29 is 41.1 Å². The second kappa shape index (κ2) is 12.3. The van der Waals surface area contributed by atoms with Gasteiger partial charge >= 0.3 is 12.1 Å². The molecule has 2 aromatic rings. The third-order valence-corrected chi connectivity index (χ3v) is 8.34. The van der Waals surface area contributed by atoms with Crippen LogP contribution in [0.25, 0.3) is 0 Å². The van der Waals surface area contributed by atoms with E-state index in [0.717, 1.165) is 43.4 Å². The first kappa shape index (κ1) is 30.9. The van der Waals surface area contributed by atoms with Crippen LogP contribution in [0.1, 0.15) is 48.8 Å². The number of aryl methyl sites for hydroxylation is 2. The van der Waals surface area contributed by atoms with Gasteiger partial charge in [-0.15, -0.1) is 0 Å². The summed E-state index contributed by atoms with van der Waals surface area (Å²) >= 11 is 0. The van der Waals surface area contributed by atoms with Gasteiger partial charge in [0.05, 0.1) is 10.3 Å². The van der Waals surface area contributed by atoms with Gasteiger partial charge in [0, 0.05) is 31.7 Å². The molecule has 0 bridgehead atoms. The molecule has 1 aliphatic heterocycles. The van der Waals surface area contributed by atoms with E-state index in [9.17, 15) is 31.2 Å². The molecule has 0 atom stereocenters. The molecular formula is C27H32F3N3O6S. The van der Waals surface area contributed by atoms with Crippen LogP contribution in [-0.2, 0) is 29.8 Å². The quantitative estimate of drug-likeness (QED) is 0.384. The van der Waals surface area contributed by atoms with Gasteiger partial charge in [0.15, 0.2) is 0 Å². The number of carbonyl (C=O) groups excluding carboxylic acids is 2. The van der Waals surface area contributed by atoms with Crippen LogP contribution in [0.4, 0.5) is 18.9 Å². The first-order valence-corrected chi connectivity index (χ1v) is 14.2. The Bertz CT molecular complexity index is 1360. The maximum Gasteiger partial charge on any atom is 0.490 e. The molecule has 9 nitrogen and oxygen atoms in total. The Morgan fingerprint density at radius 1 is 1.07 bits per heavy atom. The van der Waals surface area contributed by atoms with Gasteiger partial charge in [-0.25, -0.2) is 13.2 Å². The van der Waals surface area contributed by atoms with E-state index in [1.165, 1.54) is 0 Å². The minimum atomic E-state index is -5.08.